The second kappa shape index (κ2) is 3.55. The summed E-state index contributed by atoms with van der Waals surface area (Å²) in [5.74, 6) is 0.454. The van der Waals surface area contributed by atoms with Crippen molar-refractivity contribution >= 4 is 15.9 Å². The molecule has 2 rings (SSSR count). The fourth-order valence-electron chi connectivity index (χ4n) is 1.18. The van der Waals surface area contributed by atoms with Crippen molar-refractivity contribution < 1.29 is 9.52 Å². The molecule has 0 aromatic carbocycles. The summed E-state index contributed by atoms with van der Waals surface area (Å²) in [7, 11) is 1.71. The molecule has 0 spiro atoms. The van der Waals surface area contributed by atoms with Crippen molar-refractivity contribution in [1.29, 1.82) is 0 Å². The highest BCUT2D eigenvalue weighted by Gasteiger charge is 2.20. The van der Waals surface area contributed by atoms with Crippen molar-refractivity contribution in [2.75, 3.05) is 0 Å². The van der Waals surface area contributed by atoms with E-state index in [1.807, 2.05) is 0 Å². The molecule has 6 heteroatoms. The van der Waals surface area contributed by atoms with Gasteiger partial charge in [0.1, 0.15) is 0 Å². The van der Waals surface area contributed by atoms with Crippen molar-refractivity contribution in [2.45, 2.75) is 6.10 Å². The van der Waals surface area contributed by atoms with Crippen molar-refractivity contribution in [3.63, 3.8) is 0 Å². The van der Waals surface area contributed by atoms with Gasteiger partial charge in [0.05, 0.1) is 22.6 Å². The molecule has 2 heterocycles. The van der Waals surface area contributed by atoms with Crippen LogP contribution in [0, 0.1) is 0 Å². The molecular weight excluding hydrogens is 250 g/mol. The maximum atomic E-state index is 9.91. The number of hydrogen-bond donors (Lipinski definition) is 1. The number of aliphatic hydroxyl groups is 1. The third-order valence-electron chi connectivity index (χ3n) is 1.92. The van der Waals surface area contributed by atoms with Crippen LogP contribution in [0.2, 0.25) is 0 Å². The normalized spacial score (nSPS) is 13.1. The Morgan fingerprint density at radius 1 is 1.64 bits per heavy atom. The molecule has 0 bridgehead atoms. The van der Waals surface area contributed by atoms with E-state index >= 15 is 0 Å². The van der Waals surface area contributed by atoms with E-state index in [4.69, 9.17) is 4.42 Å². The van der Waals surface area contributed by atoms with Crippen LogP contribution in [-0.2, 0) is 7.05 Å². The summed E-state index contributed by atoms with van der Waals surface area (Å²) < 4.78 is 7.37. The zero-order valence-electron chi connectivity index (χ0n) is 7.38. The molecule has 1 N–H and O–H groups in total. The predicted octanol–water partition coefficient (Wildman–Crippen LogP) is 1.25. The Kier molecular flexibility index (Phi) is 2.39. The Morgan fingerprint density at radius 3 is 2.93 bits per heavy atom. The van der Waals surface area contributed by atoms with Crippen molar-refractivity contribution in [2.24, 2.45) is 7.05 Å². The van der Waals surface area contributed by atoms with E-state index in [-0.39, 0.29) is 0 Å². The molecule has 0 saturated heterocycles. The van der Waals surface area contributed by atoms with E-state index in [0.29, 0.717) is 11.5 Å². The van der Waals surface area contributed by atoms with Crippen molar-refractivity contribution in [3.05, 3.63) is 34.5 Å². The van der Waals surface area contributed by atoms with Gasteiger partial charge in [0.25, 0.3) is 0 Å². The number of hydrogen-bond acceptors (Lipinski definition) is 4. The smallest absolute Gasteiger partial charge is 0.156 e. The Hall–Kier alpha value is -1.14. The summed E-state index contributed by atoms with van der Waals surface area (Å²) in [4.78, 5) is 0. The average molecular weight is 258 g/mol. The highest BCUT2D eigenvalue weighted by molar-refractivity contribution is 9.10. The van der Waals surface area contributed by atoms with Crippen LogP contribution in [-0.4, -0.2) is 20.1 Å². The SMILES string of the molecule is Cn1nncc1C(O)c1occc1Br. The van der Waals surface area contributed by atoms with E-state index in [9.17, 15) is 5.11 Å². The Bertz CT molecular complexity index is 397. The minimum absolute atomic E-state index is 0.454. The van der Waals surface area contributed by atoms with Gasteiger partial charge in [-0.2, -0.15) is 0 Å². The molecule has 1 unspecified atom stereocenters. The van der Waals surface area contributed by atoms with Gasteiger partial charge in [0, 0.05) is 7.05 Å². The molecule has 74 valence electrons. The largest absolute Gasteiger partial charge is 0.465 e. The van der Waals surface area contributed by atoms with Gasteiger partial charge in [-0.05, 0) is 22.0 Å². The summed E-state index contributed by atoms with van der Waals surface area (Å²) in [6.45, 7) is 0. The molecule has 2 aromatic heterocycles. The van der Waals surface area contributed by atoms with Crippen molar-refractivity contribution in [1.82, 2.24) is 15.0 Å². The Morgan fingerprint density at radius 2 is 2.43 bits per heavy atom. The molecule has 0 aliphatic carbocycles. The highest BCUT2D eigenvalue weighted by atomic mass is 79.9. The fraction of sp³-hybridized carbons (Fsp3) is 0.250. The lowest BCUT2D eigenvalue weighted by Crippen LogP contribution is -2.06. The molecule has 2 aromatic rings. The molecule has 14 heavy (non-hydrogen) atoms. The van der Waals surface area contributed by atoms with Crippen LogP contribution in [0.15, 0.2) is 27.4 Å². The second-order valence-electron chi connectivity index (χ2n) is 2.82. The van der Waals surface area contributed by atoms with E-state index in [2.05, 4.69) is 26.2 Å². The quantitative estimate of drug-likeness (QED) is 0.880. The first kappa shape index (κ1) is 9.42. The average Bonchev–Trinajstić information content (AvgIpc) is 2.73. The maximum Gasteiger partial charge on any atom is 0.156 e. The summed E-state index contributed by atoms with van der Waals surface area (Å²) in [5.41, 5.74) is 0.584. The summed E-state index contributed by atoms with van der Waals surface area (Å²) in [6, 6.07) is 1.72. The Balaban J connectivity index is 2.38. The molecule has 0 aliphatic heterocycles. The molecule has 0 fully saturated rings. The highest BCUT2D eigenvalue weighted by Crippen LogP contribution is 2.28. The monoisotopic (exact) mass is 257 g/mol. The van der Waals surface area contributed by atoms with Gasteiger partial charge in [-0.15, -0.1) is 5.10 Å². The second-order valence-corrected chi connectivity index (χ2v) is 3.67. The van der Waals surface area contributed by atoms with Crippen LogP contribution in [0.1, 0.15) is 17.6 Å². The third-order valence-corrected chi connectivity index (χ3v) is 2.58. The van der Waals surface area contributed by atoms with Gasteiger partial charge in [-0.3, -0.25) is 0 Å². The van der Waals surface area contributed by atoms with Crippen LogP contribution >= 0.6 is 15.9 Å². The van der Waals surface area contributed by atoms with Gasteiger partial charge in [0.2, 0.25) is 0 Å². The fourth-order valence-corrected chi connectivity index (χ4v) is 1.60. The molecule has 0 saturated carbocycles. The lowest BCUT2D eigenvalue weighted by molar-refractivity contribution is 0.179. The zero-order chi connectivity index (χ0) is 10.1. The van der Waals surface area contributed by atoms with Crippen LogP contribution in [0.4, 0.5) is 0 Å². The summed E-state index contributed by atoms with van der Waals surface area (Å²) in [6.07, 6.45) is 2.16. The maximum absolute atomic E-state index is 9.91. The van der Waals surface area contributed by atoms with E-state index in [1.165, 1.54) is 17.1 Å². The first-order valence-electron chi connectivity index (χ1n) is 3.95. The first-order valence-corrected chi connectivity index (χ1v) is 4.75. The molecule has 1 atom stereocenters. The lowest BCUT2D eigenvalue weighted by atomic mass is 10.2. The van der Waals surface area contributed by atoms with Crippen LogP contribution in [0.5, 0.6) is 0 Å². The van der Waals surface area contributed by atoms with Crippen molar-refractivity contribution in [3.8, 4) is 0 Å². The minimum atomic E-state index is -0.848. The number of aromatic nitrogens is 3. The van der Waals surface area contributed by atoms with E-state index in [1.54, 1.807) is 13.1 Å². The molecule has 0 amide bonds. The van der Waals surface area contributed by atoms with Crippen LogP contribution in [0.25, 0.3) is 0 Å². The molecular formula is C8H8BrN3O2. The Labute approximate surface area is 88.5 Å². The number of aliphatic hydroxyl groups excluding tert-OH is 1. The standard InChI is InChI=1S/C8H8BrN3O2/c1-12-6(4-10-11-12)7(13)8-5(9)2-3-14-8/h2-4,7,13H,1H3. The number of halogens is 1. The molecule has 5 nitrogen and oxygen atoms in total. The number of aryl methyl sites for hydroxylation is 1. The van der Waals surface area contributed by atoms with Gasteiger partial charge >= 0.3 is 0 Å². The van der Waals surface area contributed by atoms with Gasteiger partial charge < -0.3 is 9.52 Å². The van der Waals surface area contributed by atoms with Gasteiger partial charge in [-0.1, -0.05) is 5.21 Å². The van der Waals surface area contributed by atoms with Crippen LogP contribution in [0.3, 0.4) is 0 Å². The predicted molar refractivity (Wildman–Crippen MR) is 51.5 cm³/mol. The van der Waals surface area contributed by atoms with E-state index in [0.717, 1.165) is 4.47 Å². The zero-order valence-corrected chi connectivity index (χ0v) is 8.97. The number of rotatable bonds is 2. The minimum Gasteiger partial charge on any atom is -0.465 e. The molecule has 0 radical (unpaired) electrons. The third kappa shape index (κ3) is 1.46. The van der Waals surface area contributed by atoms with Gasteiger partial charge in [-0.25, -0.2) is 4.68 Å². The number of furan rings is 1. The van der Waals surface area contributed by atoms with E-state index < -0.39 is 6.10 Å². The summed E-state index contributed by atoms with van der Waals surface area (Å²) >= 11 is 3.27. The van der Waals surface area contributed by atoms with Crippen LogP contribution < -0.4 is 0 Å². The summed E-state index contributed by atoms with van der Waals surface area (Å²) in [5, 5.41) is 17.3. The lowest BCUT2D eigenvalue weighted by Gasteiger charge is -2.07. The molecule has 0 aliphatic rings. The number of nitrogens with zero attached hydrogens (tertiary/aromatic N) is 3. The van der Waals surface area contributed by atoms with Gasteiger partial charge in [0.15, 0.2) is 11.9 Å². The first-order chi connectivity index (χ1) is 6.70. The topological polar surface area (TPSA) is 64.1 Å².